The number of alkyl halides is 1. The molecule has 2 amide bonds. The third-order valence-electron chi connectivity index (χ3n) is 5.07. The number of Topliss-reactive ketones (excluding diaryl/α,β-unsaturated/α-hetero) is 1. The van der Waals surface area contributed by atoms with Gasteiger partial charge in [0, 0.05) is 6.61 Å². The van der Waals surface area contributed by atoms with Gasteiger partial charge in [0.25, 0.3) is 5.91 Å². The number of benzene rings is 1. The number of amides is 2. The number of halogens is 1. The highest BCUT2D eigenvalue weighted by Crippen LogP contribution is 2.34. The van der Waals surface area contributed by atoms with Crippen LogP contribution in [0.4, 0.5) is 0 Å². The number of hydrogen-bond donors (Lipinski definition) is 1. The molecule has 2 saturated heterocycles. The first-order valence-corrected chi connectivity index (χ1v) is 11.7. The highest BCUT2D eigenvalue weighted by Gasteiger charge is 2.53. The molecule has 0 radical (unpaired) electrons. The van der Waals surface area contributed by atoms with E-state index in [9.17, 15) is 19.2 Å². The summed E-state index contributed by atoms with van der Waals surface area (Å²) in [5, 5.41) is 2.02. The molecule has 2 aliphatic heterocycles. The Kier molecular flexibility index (Phi) is 8.72. The zero-order chi connectivity index (χ0) is 23.1. The number of likely N-dealkylation sites (tertiary alicyclic amines) is 1. The van der Waals surface area contributed by atoms with E-state index < -0.39 is 34.9 Å². The van der Waals surface area contributed by atoms with E-state index in [0.717, 1.165) is 28.6 Å². The fourth-order valence-electron chi connectivity index (χ4n) is 3.46. The Morgan fingerprint density at radius 2 is 2.09 bits per heavy atom. The SMILES string of the molecule is C=CCOC(=O)C(Cl)N1C(=O)C(NC(=O)Cc2ccccc2)C1SCC(=O)C1CCCO1. The van der Waals surface area contributed by atoms with Gasteiger partial charge in [-0.2, -0.15) is 0 Å². The predicted molar refractivity (Wildman–Crippen MR) is 120 cm³/mol. The molecule has 0 saturated carbocycles. The van der Waals surface area contributed by atoms with E-state index in [0.29, 0.717) is 13.0 Å². The van der Waals surface area contributed by atoms with Crippen LogP contribution in [-0.2, 0) is 35.1 Å². The van der Waals surface area contributed by atoms with Crippen LogP contribution in [0.5, 0.6) is 0 Å². The maximum absolute atomic E-state index is 12.8. The molecule has 32 heavy (non-hydrogen) atoms. The van der Waals surface area contributed by atoms with Gasteiger partial charge in [-0.1, -0.05) is 54.6 Å². The average molecular weight is 481 g/mol. The number of β-lactam (4-membered cyclic amide) rings is 1. The second-order valence-electron chi connectivity index (χ2n) is 7.38. The van der Waals surface area contributed by atoms with Gasteiger partial charge in [0.15, 0.2) is 5.78 Å². The molecule has 0 aromatic heterocycles. The monoisotopic (exact) mass is 480 g/mol. The zero-order valence-electron chi connectivity index (χ0n) is 17.4. The molecule has 3 rings (SSSR count). The van der Waals surface area contributed by atoms with Crippen LogP contribution in [0.3, 0.4) is 0 Å². The van der Waals surface area contributed by atoms with Gasteiger partial charge >= 0.3 is 5.97 Å². The van der Waals surface area contributed by atoms with E-state index in [1.165, 1.54) is 6.08 Å². The Morgan fingerprint density at radius 3 is 2.75 bits per heavy atom. The lowest BCUT2D eigenvalue weighted by Gasteiger charge is -2.47. The molecular formula is C22H25ClN2O6S. The van der Waals surface area contributed by atoms with Crippen LogP contribution >= 0.6 is 23.4 Å². The van der Waals surface area contributed by atoms with Crippen LogP contribution in [0.1, 0.15) is 18.4 Å². The summed E-state index contributed by atoms with van der Waals surface area (Å²) < 4.78 is 10.4. The first-order valence-electron chi connectivity index (χ1n) is 10.3. The molecule has 4 atom stereocenters. The first-order chi connectivity index (χ1) is 15.4. The van der Waals surface area contributed by atoms with E-state index in [1.807, 2.05) is 30.3 Å². The molecule has 1 N–H and O–H groups in total. The van der Waals surface area contributed by atoms with Gasteiger partial charge in [-0.05, 0) is 18.4 Å². The Bertz CT molecular complexity index is 861. The molecule has 2 heterocycles. The summed E-state index contributed by atoms with van der Waals surface area (Å²) in [4.78, 5) is 51.0. The molecule has 2 fully saturated rings. The fraction of sp³-hybridized carbons (Fsp3) is 0.455. The summed E-state index contributed by atoms with van der Waals surface area (Å²) in [5.41, 5.74) is -0.574. The topological polar surface area (TPSA) is 102 Å². The number of ether oxygens (including phenoxy) is 2. The molecule has 8 nitrogen and oxygen atoms in total. The van der Waals surface area contributed by atoms with Crippen LogP contribution in [0.15, 0.2) is 43.0 Å². The predicted octanol–water partition coefficient (Wildman–Crippen LogP) is 1.66. The van der Waals surface area contributed by atoms with Crippen molar-refractivity contribution in [1.82, 2.24) is 10.2 Å². The van der Waals surface area contributed by atoms with Crippen LogP contribution < -0.4 is 5.32 Å². The van der Waals surface area contributed by atoms with Gasteiger partial charge in [-0.15, -0.1) is 11.8 Å². The molecule has 4 unspecified atom stereocenters. The zero-order valence-corrected chi connectivity index (χ0v) is 19.0. The van der Waals surface area contributed by atoms with E-state index in [4.69, 9.17) is 21.1 Å². The van der Waals surface area contributed by atoms with Crippen molar-refractivity contribution in [2.45, 2.75) is 42.3 Å². The fourth-order valence-corrected chi connectivity index (χ4v) is 5.09. The number of esters is 1. The molecule has 10 heteroatoms. The summed E-state index contributed by atoms with van der Waals surface area (Å²) in [6.45, 7) is 3.97. The van der Waals surface area contributed by atoms with Crippen molar-refractivity contribution in [3.63, 3.8) is 0 Å². The van der Waals surface area contributed by atoms with Gasteiger partial charge in [-0.25, -0.2) is 4.79 Å². The van der Waals surface area contributed by atoms with Crippen LogP contribution in [0, 0.1) is 0 Å². The van der Waals surface area contributed by atoms with Crippen molar-refractivity contribution in [1.29, 1.82) is 0 Å². The van der Waals surface area contributed by atoms with Crippen molar-refractivity contribution in [2.75, 3.05) is 19.0 Å². The van der Waals surface area contributed by atoms with Crippen LogP contribution in [0.2, 0.25) is 0 Å². The van der Waals surface area contributed by atoms with Crippen LogP contribution in [0.25, 0.3) is 0 Å². The van der Waals surface area contributed by atoms with E-state index in [1.54, 1.807) is 0 Å². The molecule has 1 aromatic rings. The van der Waals surface area contributed by atoms with Crippen molar-refractivity contribution in [3.05, 3.63) is 48.6 Å². The quantitative estimate of drug-likeness (QED) is 0.169. The summed E-state index contributed by atoms with van der Waals surface area (Å²) in [5.74, 6) is -1.68. The number of carbonyl (C=O) groups excluding carboxylic acids is 4. The number of hydrogen-bond acceptors (Lipinski definition) is 7. The van der Waals surface area contributed by atoms with E-state index in [-0.39, 0.29) is 30.5 Å². The molecule has 0 bridgehead atoms. The number of nitrogens with zero attached hydrogens (tertiary/aromatic N) is 1. The minimum Gasteiger partial charge on any atom is -0.459 e. The van der Waals surface area contributed by atoms with E-state index in [2.05, 4.69) is 11.9 Å². The highest BCUT2D eigenvalue weighted by atomic mass is 35.5. The molecule has 0 spiro atoms. The standard InChI is InChI=1S/C22H25ClN2O6S/c1-2-10-31-22(29)19(23)25-20(28)18(24-17(27)12-14-7-4-3-5-8-14)21(25)32-13-15(26)16-9-6-11-30-16/h2-5,7-8,16,18-19,21H,1,6,9-13H2,(H,24,27). The molecule has 0 aliphatic carbocycles. The number of rotatable bonds is 11. The lowest BCUT2D eigenvalue weighted by atomic mass is 10.1. The normalized spacial score (nSPS) is 23.2. The first kappa shape index (κ1) is 24.3. The Balaban J connectivity index is 1.65. The maximum atomic E-state index is 12.8. The van der Waals surface area contributed by atoms with Crippen molar-refractivity contribution in [3.8, 4) is 0 Å². The third kappa shape index (κ3) is 5.90. The number of carbonyl (C=O) groups is 4. The average Bonchev–Trinajstić information content (AvgIpc) is 3.33. The largest absolute Gasteiger partial charge is 0.459 e. The summed E-state index contributed by atoms with van der Waals surface area (Å²) in [6.07, 6.45) is 2.52. The Hall–Kier alpha value is -2.36. The molecule has 172 valence electrons. The van der Waals surface area contributed by atoms with Gasteiger partial charge < -0.3 is 14.8 Å². The summed E-state index contributed by atoms with van der Waals surface area (Å²) >= 11 is 7.34. The van der Waals surface area contributed by atoms with Gasteiger partial charge in [0.1, 0.15) is 24.1 Å². The van der Waals surface area contributed by atoms with E-state index >= 15 is 0 Å². The summed E-state index contributed by atoms with van der Waals surface area (Å²) in [6, 6.07) is 8.21. The van der Waals surface area contributed by atoms with Crippen molar-refractivity contribution < 1.29 is 28.7 Å². The maximum Gasteiger partial charge on any atom is 0.344 e. The van der Waals surface area contributed by atoms with Gasteiger partial charge in [0.2, 0.25) is 11.4 Å². The number of ketones is 1. The second-order valence-corrected chi connectivity index (χ2v) is 8.90. The van der Waals surface area contributed by atoms with Crippen molar-refractivity contribution in [2.24, 2.45) is 0 Å². The minimum atomic E-state index is -1.37. The second kappa shape index (κ2) is 11.5. The molecule has 1 aromatic carbocycles. The molecular weight excluding hydrogens is 456 g/mol. The third-order valence-corrected chi connectivity index (χ3v) is 6.75. The minimum absolute atomic E-state index is 0.0450. The van der Waals surface area contributed by atoms with Crippen molar-refractivity contribution >= 4 is 46.9 Å². The lowest BCUT2D eigenvalue weighted by Crippen LogP contribution is -2.72. The Morgan fingerprint density at radius 1 is 1.34 bits per heavy atom. The highest BCUT2D eigenvalue weighted by molar-refractivity contribution is 8.00. The van der Waals surface area contributed by atoms with Crippen LogP contribution in [-0.4, -0.2) is 70.5 Å². The number of nitrogens with one attached hydrogen (secondary N) is 1. The van der Waals surface area contributed by atoms with Gasteiger partial charge in [0.05, 0.1) is 12.2 Å². The van der Waals surface area contributed by atoms with Gasteiger partial charge in [-0.3, -0.25) is 19.3 Å². The number of thioether (sulfide) groups is 1. The smallest absolute Gasteiger partial charge is 0.344 e. The molecule has 2 aliphatic rings. The Labute approximate surface area is 195 Å². The lowest BCUT2D eigenvalue weighted by molar-refractivity contribution is -0.160. The summed E-state index contributed by atoms with van der Waals surface area (Å²) in [7, 11) is 0.